The molecule has 3 amide bonds. The van der Waals surface area contributed by atoms with Gasteiger partial charge in [0.1, 0.15) is 5.82 Å². The van der Waals surface area contributed by atoms with Crippen molar-refractivity contribution in [3.05, 3.63) is 42.7 Å². The maximum Gasteiger partial charge on any atom is 0.315 e. The van der Waals surface area contributed by atoms with Gasteiger partial charge in [0.2, 0.25) is 5.91 Å². The summed E-state index contributed by atoms with van der Waals surface area (Å²) in [5.74, 6) is -0.440. The zero-order valence-corrected chi connectivity index (χ0v) is 10.9. The molecular weight excluding hydrogens is 261 g/mol. The lowest BCUT2D eigenvalue weighted by Gasteiger charge is -2.17. The fraction of sp³-hybridized carbons (Fsp3) is 0.286. The van der Waals surface area contributed by atoms with E-state index in [4.69, 9.17) is 0 Å². The summed E-state index contributed by atoms with van der Waals surface area (Å²) < 4.78 is 12.9. The minimum absolute atomic E-state index is 0.0920. The van der Waals surface area contributed by atoms with E-state index >= 15 is 0 Å². The van der Waals surface area contributed by atoms with Crippen molar-refractivity contribution >= 4 is 17.6 Å². The van der Waals surface area contributed by atoms with E-state index in [1.807, 2.05) is 0 Å². The van der Waals surface area contributed by atoms with Crippen molar-refractivity contribution in [2.75, 3.05) is 18.0 Å². The third-order valence-corrected chi connectivity index (χ3v) is 3.01. The van der Waals surface area contributed by atoms with Crippen LogP contribution in [0.5, 0.6) is 0 Å². The highest BCUT2D eigenvalue weighted by molar-refractivity contribution is 5.96. The molecule has 106 valence electrons. The van der Waals surface area contributed by atoms with E-state index in [1.54, 1.807) is 18.2 Å². The number of rotatable bonds is 4. The third kappa shape index (κ3) is 3.34. The van der Waals surface area contributed by atoms with Gasteiger partial charge in [-0.1, -0.05) is 6.08 Å². The molecule has 2 N–H and O–H groups in total. The highest BCUT2D eigenvalue weighted by atomic mass is 19.1. The molecule has 20 heavy (non-hydrogen) atoms. The van der Waals surface area contributed by atoms with E-state index in [-0.39, 0.29) is 30.2 Å². The number of halogens is 1. The lowest BCUT2D eigenvalue weighted by molar-refractivity contribution is -0.117. The molecule has 1 heterocycles. The molecule has 1 aromatic rings. The first-order valence-corrected chi connectivity index (χ1v) is 6.31. The first-order valence-electron chi connectivity index (χ1n) is 6.31. The Kier molecular flexibility index (Phi) is 4.34. The summed E-state index contributed by atoms with van der Waals surface area (Å²) in [6.07, 6.45) is 1.81. The molecule has 1 saturated heterocycles. The number of urea groups is 1. The summed E-state index contributed by atoms with van der Waals surface area (Å²) in [7, 11) is 0. The predicted octanol–water partition coefficient (Wildman–Crippen LogP) is 1.42. The van der Waals surface area contributed by atoms with E-state index in [0.717, 1.165) is 0 Å². The maximum atomic E-state index is 12.9. The minimum atomic E-state index is -0.348. The highest BCUT2D eigenvalue weighted by Crippen LogP contribution is 2.21. The third-order valence-electron chi connectivity index (χ3n) is 3.01. The van der Waals surface area contributed by atoms with E-state index in [2.05, 4.69) is 17.2 Å². The molecule has 0 saturated carbocycles. The van der Waals surface area contributed by atoms with E-state index in [9.17, 15) is 14.0 Å². The van der Waals surface area contributed by atoms with Crippen LogP contribution < -0.4 is 15.5 Å². The Morgan fingerprint density at radius 1 is 1.45 bits per heavy atom. The predicted molar refractivity (Wildman–Crippen MR) is 73.9 cm³/mol. The average molecular weight is 277 g/mol. The van der Waals surface area contributed by atoms with Crippen LogP contribution in [-0.4, -0.2) is 31.1 Å². The largest absolute Gasteiger partial charge is 0.335 e. The molecule has 2 rings (SSSR count). The van der Waals surface area contributed by atoms with Gasteiger partial charge in [0.25, 0.3) is 0 Å². The number of carbonyl (C=O) groups excluding carboxylic acids is 2. The standard InChI is InChI=1S/C14H16FN3O2/c1-2-7-16-14(20)17-11-8-13(19)18(9-11)12-5-3-10(15)4-6-12/h2-6,11H,1,7-9H2,(H2,16,17,20). The Bertz CT molecular complexity index is 516. The fourth-order valence-corrected chi connectivity index (χ4v) is 2.08. The number of hydrogen-bond donors (Lipinski definition) is 2. The van der Waals surface area contributed by atoms with Crippen LogP contribution in [0.1, 0.15) is 6.42 Å². The lowest BCUT2D eigenvalue weighted by Crippen LogP contribution is -2.43. The van der Waals surface area contributed by atoms with Crippen molar-refractivity contribution in [2.45, 2.75) is 12.5 Å². The van der Waals surface area contributed by atoms with Gasteiger partial charge >= 0.3 is 6.03 Å². The van der Waals surface area contributed by atoms with E-state index in [0.29, 0.717) is 18.8 Å². The van der Waals surface area contributed by atoms with E-state index < -0.39 is 0 Å². The van der Waals surface area contributed by atoms with Gasteiger partial charge in [-0.2, -0.15) is 0 Å². The second-order valence-corrected chi connectivity index (χ2v) is 4.52. The first kappa shape index (κ1) is 14.0. The Balaban J connectivity index is 1.95. The fourth-order valence-electron chi connectivity index (χ4n) is 2.08. The normalized spacial score (nSPS) is 17.9. The molecule has 0 radical (unpaired) electrons. The quantitative estimate of drug-likeness (QED) is 0.818. The Hall–Kier alpha value is -2.37. The van der Waals surface area contributed by atoms with Gasteiger partial charge in [0.15, 0.2) is 0 Å². The summed E-state index contributed by atoms with van der Waals surface area (Å²) in [5, 5.41) is 5.31. The Morgan fingerprint density at radius 3 is 2.80 bits per heavy atom. The molecule has 5 nitrogen and oxygen atoms in total. The van der Waals surface area contributed by atoms with Gasteiger partial charge < -0.3 is 15.5 Å². The molecule has 1 aliphatic rings. The molecule has 1 atom stereocenters. The van der Waals surface area contributed by atoms with E-state index in [1.165, 1.54) is 17.0 Å². The van der Waals surface area contributed by atoms with Crippen molar-refractivity contribution in [1.82, 2.24) is 10.6 Å². The zero-order chi connectivity index (χ0) is 14.5. The van der Waals surface area contributed by atoms with Crippen molar-refractivity contribution in [1.29, 1.82) is 0 Å². The topological polar surface area (TPSA) is 61.4 Å². The summed E-state index contributed by atoms with van der Waals surface area (Å²) in [6.45, 7) is 4.25. The monoisotopic (exact) mass is 277 g/mol. The molecule has 0 spiro atoms. The Morgan fingerprint density at radius 2 is 2.15 bits per heavy atom. The van der Waals surface area contributed by atoms with Crippen LogP contribution in [0.15, 0.2) is 36.9 Å². The summed E-state index contributed by atoms with van der Waals surface area (Å²) in [4.78, 5) is 25.0. The molecule has 1 aliphatic heterocycles. The Labute approximate surface area is 116 Å². The van der Waals surface area contributed by atoms with Crippen LogP contribution in [0.25, 0.3) is 0 Å². The molecular formula is C14H16FN3O2. The van der Waals surface area contributed by atoms with Crippen LogP contribution in [0, 0.1) is 5.82 Å². The van der Waals surface area contributed by atoms with Gasteiger partial charge in [0, 0.05) is 25.2 Å². The van der Waals surface area contributed by atoms with Crippen molar-refractivity contribution in [2.24, 2.45) is 0 Å². The highest BCUT2D eigenvalue weighted by Gasteiger charge is 2.31. The van der Waals surface area contributed by atoms with Gasteiger partial charge in [-0.15, -0.1) is 6.58 Å². The molecule has 1 aromatic carbocycles. The van der Waals surface area contributed by atoms with Gasteiger partial charge in [-0.3, -0.25) is 4.79 Å². The number of hydrogen-bond acceptors (Lipinski definition) is 2. The van der Waals surface area contributed by atoms with Crippen LogP contribution in [0.4, 0.5) is 14.9 Å². The number of benzene rings is 1. The molecule has 6 heteroatoms. The number of anilines is 1. The van der Waals surface area contributed by atoms with Crippen molar-refractivity contribution < 1.29 is 14.0 Å². The maximum absolute atomic E-state index is 12.9. The summed E-state index contributed by atoms with van der Waals surface area (Å²) >= 11 is 0. The summed E-state index contributed by atoms with van der Waals surface area (Å²) in [5.41, 5.74) is 0.632. The smallest absolute Gasteiger partial charge is 0.315 e. The second kappa shape index (κ2) is 6.18. The van der Waals surface area contributed by atoms with Crippen molar-refractivity contribution in [3.8, 4) is 0 Å². The first-order chi connectivity index (χ1) is 9.60. The molecule has 0 aromatic heterocycles. The SMILES string of the molecule is C=CCNC(=O)NC1CC(=O)N(c2ccc(F)cc2)C1. The summed E-state index contributed by atoms with van der Waals surface area (Å²) in [6, 6.07) is 5.13. The molecule has 1 unspecified atom stereocenters. The van der Waals surface area contributed by atoms with Crippen molar-refractivity contribution in [3.63, 3.8) is 0 Å². The van der Waals surface area contributed by atoms with Gasteiger partial charge in [0.05, 0.1) is 6.04 Å². The molecule has 0 aliphatic carbocycles. The number of nitrogens with one attached hydrogen (secondary N) is 2. The van der Waals surface area contributed by atoms with Gasteiger partial charge in [-0.05, 0) is 24.3 Å². The second-order valence-electron chi connectivity index (χ2n) is 4.52. The van der Waals surface area contributed by atoms with Gasteiger partial charge in [-0.25, -0.2) is 9.18 Å². The number of carbonyl (C=O) groups is 2. The number of amides is 3. The van der Waals surface area contributed by atoms with Crippen LogP contribution in [-0.2, 0) is 4.79 Å². The van der Waals surface area contributed by atoms with Crippen LogP contribution in [0.3, 0.4) is 0 Å². The van der Waals surface area contributed by atoms with Crippen LogP contribution in [0.2, 0.25) is 0 Å². The molecule has 1 fully saturated rings. The molecule has 0 bridgehead atoms. The minimum Gasteiger partial charge on any atom is -0.335 e. The average Bonchev–Trinajstić information content (AvgIpc) is 2.78. The zero-order valence-electron chi connectivity index (χ0n) is 10.9. The van der Waals surface area contributed by atoms with Crippen LogP contribution >= 0.6 is 0 Å². The number of nitrogens with zero attached hydrogens (tertiary/aromatic N) is 1. The lowest BCUT2D eigenvalue weighted by atomic mass is 10.2.